The van der Waals surface area contributed by atoms with Crippen LogP contribution in [0.4, 0.5) is 10.1 Å². The molecule has 1 amide bonds. The van der Waals surface area contributed by atoms with Gasteiger partial charge in [0.1, 0.15) is 12.0 Å². The number of anilines is 1. The number of halogens is 5. The largest absolute Gasteiger partial charge is 0.339 e. The smallest absolute Gasteiger partial charge is 0.252 e. The number of hydrogen-bond acceptors (Lipinski definition) is 2. The van der Waals surface area contributed by atoms with E-state index in [1.807, 2.05) is 12.1 Å². The van der Waals surface area contributed by atoms with Crippen molar-refractivity contribution in [2.45, 2.75) is 9.96 Å². The fraction of sp³-hybridized carbons (Fsp3) is 0.125. The second kappa shape index (κ2) is 9.19. The number of thiocarbonyl (C=S) groups is 1. The Morgan fingerprint density at radius 2 is 1.77 bits per heavy atom. The number of rotatable bonds is 4. The van der Waals surface area contributed by atoms with E-state index in [0.29, 0.717) is 5.69 Å². The summed E-state index contributed by atoms with van der Waals surface area (Å²) in [5.41, 5.74) is 0.906. The maximum atomic E-state index is 13.0. The Kier molecular flexibility index (Phi) is 7.49. The lowest BCUT2D eigenvalue weighted by atomic mass is 10.2. The Morgan fingerprint density at radius 1 is 1.12 bits per heavy atom. The number of hydrogen-bond donors (Lipinski definition) is 3. The van der Waals surface area contributed by atoms with Gasteiger partial charge in [0.15, 0.2) is 5.11 Å². The molecule has 2 aromatic rings. The summed E-state index contributed by atoms with van der Waals surface area (Å²) in [6.07, 6.45) is -1.13. The minimum Gasteiger partial charge on any atom is -0.339 e. The summed E-state index contributed by atoms with van der Waals surface area (Å²) in [6, 6.07) is 12.2. The molecule has 0 heterocycles. The highest BCUT2D eigenvalue weighted by molar-refractivity contribution is 9.10. The van der Waals surface area contributed by atoms with Gasteiger partial charge >= 0.3 is 0 Å². The van der Waals surface area contributed by atoms with Crippen LogP contribution in [0, 0.1) is 5.82 Å². The Bertz CT molecular complexity index is 802. The van der Waals surface area contributed by atoms with Gasteiger partial charge in [-0.15, -0.1) is 0 Å². The molecule has 0 aliphatic rings. The summed E-state index contributed by atoms with van der Waals surface area (Å²) in [6.45, 7) is 0. The summed E-state index contributed by atoms with van der Waals surface area (Å²) < 4.78 is 11.9. The van der Waals surface area contributed by atoms with E-state index in [4.69, 9.17) is 47.0 Å². The first-order valence-corrected chi connectivity index (χ1v) is 9.45. The summed E-state index contributed by atoms with van der Waals surface area (Å²) in [4.78, 5) is 12.3. The Labute approximate surface area is 178 Å². The molecule has 0 radical (unpaired) electrons. The quantitative estimate of drug-likeness (QED) is 0.315. The van der Waals surface area contributed by atoms with E-state index in [9.17, 15) is 9.18 Å². The van der Waals surface area contributed by atoms with Gasteiger partial charge in [-0.3, -0.25) is 4.79 Å². The van der Waals surface area contributed by atoms with Crippen molar-refractivity contribution in [2.24, 2.45) is 0 Å². The zero-order valence-electron chi connectivity index (χ0n) is 12.9. The first kappa shape index (κ1) is 21.2. The molecular formula is C16H12BrCl3FN3OS. The molecule has 10 heteroatoms. The molecule has 138 valence electrons. The zero-order chi connectivity index (χ0) is 19.3. The van der Waals surface area contributed by atoms with Crippen LogP contribution in [0.2, 0.25) is 0 Å². The Morgan fingerprint density at radius 3 is 2.35 bits per heavy atom. The molecule has 1 atom stereocenters. The Hall–Kier alpha value is -1.12. The standard InChI is InChI=1S/C16H12BrCl3FN3OS/c17-10-2-1-3-12(8-10)22-15(26)24-14(16(18,19)20)23-13(25)9-4-6-11(21)7-5-9/h1-8,14H,(H,23,25)(H2,22,24,26). The second-order valence-electron chi connectivity index (χ2n) is 5.06. The highest BCUT2D eigenvalue weighted by Gasteiger charge is 2.34. The number of alkyl halides is 3. The van der Waals surface area contributed by atoms with Crippen LogP contribution < -0.4 is 16.0 Å². The molecule has 0 spiro atoms. The van der Waals surface area contributed by atoms with Gasteiger partial charge in [0.2, 0.25) is 3.79 Å². The van der Waals surface area contributed by atoms with Crippen molar-refractivity contribution >= 4 is 79.7 Å². The molecule has 0 saturated heterocycles. The van der Waals surface area contributed by atoms with E-state index < -0.39 is 21.7 Å². The fourth-order valence-electron chi connectivity index (χ4n) is 1.88. The van der Waals surface area contributed by atoms with Gasteiger partial charge in [0.05, 0.1) is 0 Å². The fourth-order valence-corrected chi connectivity index (χ4v) is 2.84. The molecule has 26 heavy (non-hydrogen) atoms. The van der Waals surface area contributed by atoms with Gasteiger partial charge in [0, 0.05) is 15.7 Å². The van der Waals surface area contributed by atoms with Gasteiger partial charge < -0.3 is 16.0 Å². The van der Waals surface area contributed by atoms with Crippen LogP contribution >= 0.6 is 63.0 Å². The summed E-state index contributed by atoms with van der Waals surface area (Å²) >= 11 is 26.3. The third-order valence-electron chi connectivity index (χ3n) is 3.07. The number of carbonyl (C=O) groups excluding carboxylic acids is 1. The molecule has 2 aromatic carbocycles. The average molecular weight is 500 g/mol. The lowest BCUT2D eigenvalue weighted by Crippen LogP contribution is -2.56. The van der Waals surface area contributed by atoms with Crippen molar-refractivity contribution in [3.05, 3.63) is 64.4 Å². The van der Waals surface area contributed by atoms with Crippen LogP contribution in [0.1, 0.15) is 10.4 Å². The highest BCUT2D eigenvalue weighted by Crippen LogP contribution is 2.29. The van der Waals surface area contributed by atoms with E-state index in [1.54, 1.807) is 12.1 Å². The molecule has 0 bridgehead atoms. The molecule has 2 rings (SSSR count). The van der Waals surface area contributed by atoms with E-state index in [1.165, 1.54) is 12.1 Å². The molecule has 4 nitrogen and oxygen atoms in total. The van der Waals surface area contributed by atoms with Crippen molar-refractivity contribution in [2.75, 3.05) is 5.32 Å². The summed E-state index contributed by atoms with van der Waals surface area (Å²) in [5.74, 6) is -1.02. The molecule has 0 aliphatic heterocycles. The normalized spacial score (nSPS) is 12.2. The first-order valence-electron chi connectivity index (χ1n) is 7.11. The topological polar surface area (TPSA) is 53.2 Å². The number of nitrogens with one attached hydrogen (secondary N) is 3. The highest BCUT2D eigenvalue weighted by atomic mass is 79.9. The van der Waals surface area contributed by atoms with E-state index in [2.05, 4.69) is 31.9 Å². The predicted octanol–water partition coefficient (Wildman–Crippen LogP) is 5.00. The minimum atomic E-state index is -1.89. The average Bonchev–Trinajstić information content (AvgIpc) is 2.53. The van der Waals surface area contributed by atoms with Crippen LogP contribution in [0.15, 0.2) is 53.0 Å². The first-order chi connectivity index (χ1) is 12.1. The van der Waals surface area contributed by atoms with Gasteiger partial charge in [-0.2, -0.15) is 0 Å². The van der Waals surface area contributed by atoms with Crippen LogP contribution in [-0.2, 0) is 0 Å². The van der Waals surface area contributed by atoms with Crippen LogP contribution in [0.3, 0.4) is 0 Å². The molecule has 0 aromatic heterocycles. The zero-order valence-corrected chi connectivity index (χ0v) is 17.6. The summed E-state index contributed by atoms with van der Waals surface area (Å²) in [5, 5.41) is 8.31. The third-order valence-corrected chi connectivity index (χ3v) is 4.43. The molecular weight excluding hydrogens is 488 g/mol. The van der Waals surface area contributed by atoms with Crippen molar-refractivity contribution < 1.29 is 9.18 Å². The van der Waals surface area contributed by atoms with Gasteiger partial charge in [-0.25, -0.2) is 4.39 Å². The molecule has 0 fully saturated rings. The SMILES string of the molecule is O=C(NC(NC(=S)Nc1cccc(Br)c1)C(Cl)(Cl)Cl)c1ccc(F)cc1. The monoisotopic (exact) mass is 497 g/mol. The Balaban J connectivity index is 2.06. The maximum Gasteiger partial charge on any atom is 0.252 e. The number of benzene rings is 2. The van der Waals surface area contributed by atoms with Crippen molar-refractivity contribution in [3.8, 4) is 0 Å². The van der Waals surface area contributed by atoms with Gasteiger partial charge in [0.25, 0.3) is 5.91 Å². The lowest BCUT2D eigenvalue weighted by molar-refractivity contribution is 0.0934. The van der Waals surface area contributed by atoms with Crippen molar-refractivity contribution in [1.29, 1.82) is 0 Å². The summed E-state index contributed by atoms with van der Waals surface area (Å²) in [7, 11) is 0. The predicted molar refractivity (Wildman–Crippen MR) is 111 cm³/mol. The van der Waals surface area contributed by atoms with E-state index in [-0.39, 0.29) is 10.7 Å². The maximum absolute atomic E-state index is 13.0. The number of amides is 1. The van der Waals surface area contributed by atoms with Crippen LogP contribution in [-0.4, -0.2) is 21.0 Å². The second-order valence-corrected chi connectivity index (χ2v) is 8.76. The van der Waals surface area contributed by atoms with Crippen molar-refractivity contribution in [1.82, 2.24) is 10.6 Å². The molecule has 0 aliphatic carbocycles. The van der Waals surface area contributed by atoms with E-state index in [0.717, 1.165) is 16.6 Å². The molecule has 1 unspecified atom stereocenters. The van der Waals surface area contributed by atoms with Crippen molar-refractivity contribution in [3.63, 3.8) is 0 Å². The van der Waals surface area contributed by atoms with Gasteiger partial charge in [-0.1, -0.05) is 56.8 Å². The van der Waals surface area contributed by atoms with Crippen LogP contribution in [0.5, 0.6) is 0 Å². The number of carbonyl (C=O) groups is 1. The van der Waals surface area contributed by atoms with E-state index >= 15 is 0 Å². The molecule has 0 saturated carbocycles. The lowest BCUT2D eigenvalue weighted by Gasteiger charge is -2.27. The minimum absolute atomic E-state index is 0.138. The molecule has 3 N–H and O–H groups in total. The third kappa shape index (κ3) is 6.55. The van der Waals surface area contributed by atoms with Gasteiger partial charge in [-0.05, 0) is 54.7 Å². The van der Waals surface area contributed by atoms with Crippen LogP contribution in [0.25, 0.3) is 0 Å².